The lowest BCUT2D eigenvalue weighted by Crippen LogP contribution is -1.78. The largest absolute Gasteiger partial charge is 0.281 e. The van der Waals surface area contributed by atoms with Crippen LogP contribution in [-0.2, 0) is 0 Å². The van der Waals surface area contributed by atoms with Gasteiger partial charge in [-0.1, -0.05) is 23.7 Å². The van der Waals surface area contributed by atoms with Crippen LogP contribution in [0.2, 0.25) is 5.02 Å². The van der Waals surface area contributed by atoms with Gasteiger partial charge < -0.3 is 0 Å². The zero-order valence-corrected chi connectivity index (χ0v) is 9.85. The first kappa shape index (κ1) is 9.74. The van der Waals surface area contributed by atoms with Gasteiger partial charge >= 0.3 is 0 Å². The SMILES string of the molecule is Cc1[nH]nc(-c2cccc(Cl)c2)c1Br. The Balaban J connectivity index is 2.55. The number of nitrogens with one attached hydrogen (secondary N) is 1. The molecule has 0 spiro atoms. The van der Waals surface area contributed by atoms with Crippen molar-refractivity contribution in [3.63, 3.8) is 0 Å². The van der Waals surface area contributed by atoms with E-state index >= 15 is 0 Å². The van der Waals surface area contributed by atoms with Crippen molar-refractivity contribution in [3.05, 3.63) is 39.5 Å². The first-order valence-electron chi connectivity index (χ1n) is 4.15. The van der Waals surface area contributed by atoms with E-state index in [0.717, 1.165) is 26.4 Å². The standard InChI is InChI=1S/C10H8BrClN2/c1-6-9(11)10(14-13-6)7-3-2-4-8(12)5-7/h2-5H,1H3,(H,13,14). The summed E-state index contributed by atoms with van der Waals surface area (Å²) in [4.78, 5) is 0. The van der Waals surface area contributed by atoms with E-state index in [1.165, 1.54) is 0 Å². The number of nitrogens with zero attached hydrogens (tertiary/aromatic N) is 1. The fourth-order valence-electron chi connectivity index (χ4n) is 1.24. The molecule has 0 bridgehead atoms. The van der Waals surface area contributed by atoms with Crippen LogP contribution in [0, 0.1) is 6.92 Å². The van der Waals surface area contributed by atoms with E-state index in [9.17, 15) is 0 Å². The summed E-state index contributed by atoms with van der Waals surface area (Å²) in [5.41, 5.74) is 2.92. The Labute approximate surface area is 95.4 Å². The summed E-state index contributed by atoms with van der Waals surface area (Å²) in [5, 5.41) is 7.83. The van der Waals surface area contributed by atoms with Crippen LogP contribution in [0.4, 0.5) is 0 Å². The number of hydrogen-bond donors (Lipinski definition) is 1. The summed E-state index contributed by atoms with van der Waals surface area (Å²) >= 11 is 9.38. The van der Waals surface area contributed by atoms with Crippen LogP contribution < -0.4 is 0 Å². The molecule has 0 aliphatic heterocycles. The first-order valence-corrected chi connectivity index (χ1v) is 5.32. The molecule has 2 rings (SSSR count). The van der Waals surface area contributed by atoms with Gasteiger partial charge in [0.25, 0.3) is 0 Å². The average Bonchev–Trinajstić information content (AvgIpc) is 2.48. The normalized spacial score (nSPS) is 10.5. The van der Waals surface area contributed by atoms with Gasteiger partial charge in [0, 0.05) is 16.3 Å². The van der Waals surface area contributed by atoms with Gasteiger partial charge in [-0.15, -0.1) is 0 Å². The summed E-state index contributed by atoms with van der Waals surface area (Å²) < 4.78 is 0.986. The van der Waals surface area contributed by atoms with Gasteiger partial charge in [0.05, 0.1) is 4.47 Å². The molecule has 0 saturated carbocycles. The highest BCUT2D eigenvalue weighted by molar-refractivity contribution is 9.10. The Morgan fingerprint density at radius 3 is 2.79 bits per heavy atom. The Morgan fingerprint density at radius 2 is 2.21 bits per heavy atom. The average molecular weight is 272 g/mol. The van der Waals surface area contributed by atoms with Gasteiger partial charge in [-0.2, -0.15) is 5.10 Å². The van der Waals surface area contributed by atoms with Gasteiger partial charge in [0.15, 0.2) is 0 Å². The lowest BCUT2D eigenvalue weighted by atomic mass is 10.1. The van der Waals surface area contributed by atoms with Crippen LogP contribution in [0.15, 0.2) is 28.7 Å². The molecule has 14 heavy (non-hydrogen) atoms. The van der Waals surface area contributed by atoms with Crippen molar-refractivity contribution >= 4 is 27.5 Å². The number of aryl methyl sites for hydroxylation is 1. The van der Waals surface area contributed by atoms with Crippen LogP contribution in [0.3, 0.4) is 0 Å². The Kier molecular flexibility index (Phi) is 2.61. The van der Waals surface area contributed by atoms with Crippen molar-refractivity contribution in [2.75, 3.05) is 0 Å². The second-order valence-electron chi connectivity index (χ2n) is 3.02. The van der Waals surface area contributed by atoms with E-state index < -0.39 is 0 Å². The predicted octanol–water partition coefficient (Wildman–Crippen LogP) is 3.80. The van der Waals surface area contributed by atoms with Crippen molar-refractivity contribution in [3.8, 4) is 11.3 Å². The minimum absolute atomic E-state index is 0.718. The second kappa shape index (κ2) is 3.75. The molecule has 1 aromatic heterocycles. The summed E-state index contributed by atoms with van der Waals surface area (Å²) in [5.74, 6) is 0. The molecular formula is C10H8BrClN2. The highest BCUT2D eigenvalue weighted by Crippen LogP contribution is 2.29. The predicted molar refractivity (Wildman–Crippen MR) is 61.5 cm³/mol. The molecule has 0 aliphatic rings. The quantitative estimate of drug-likeness (QED) is 0.839. The molecule has 1 N–H and O–H groups in total. The summed E-state index contributed by atoms with van der Waals surface area (Å²) in [6.07, 6.45) is 0. The minimum atomic E-state index is 0.718. The van der Waals surface area contributed by atoms with Gasteiger partial charge in [0.2, 0.25) is 0 Å². The van der Waals surface area contributed by atoms with Crippen LogP contribution >= 0.6 is 27.5 Å². The molecule has 4 heteroatoms. The van der Waals surface area contributed by atoms with Crippen molar-refractivity contribution in [1.29, 1.82) is 0 Å². The number of halogens is 2. The number of aromatic nitrogens is 2. The molecule has 2 aromatic rings. The first-order chi connectivity index (χ1) is 6.68. The van der Waals surface area contributed by atoms with E-state index in [0.29, 0.717) is 0 Å². The van der Waals surface area contributed by atoms with Crippen molar-refractivity contribution in [2.45, 2.75) is 6.92 Å². The summed E-state index contributed by atoms with van der Waals surface area (Å²) in [6.45, 7) is 1.96. The minimum Gasteiger partial charge on any atom is -0.281 e. The number of hydrogen-bond acceptors (Lipinski definition) is 1. The van der Waals surface area contributed by atoms with E-state index in [4.69, 9.17) is 11.6 Å². The number of rotatable bonds is 1. The van der Waals surface area contributed by atoms with E-state index in [-0.39, 0.29) is 0 Å². The third-order valence-electron chi connectivity index (χ3n) is 1.97. The molecule has 0 unspecified atom stereocenters. The van der Waals surface area contributed by atoms with Crippen molar-refractivity contribution in [2.24, 2.45) is 0 Å². The molecule has 0 atom stereocenters. The van der Waals surface area contributed by atoms with E-state index in [2.05, 4.69) is 26.1 Å². The molecule has 0 fully saturated rings. The second-order valence-corrected chi connectivity index (χ2v) is 4.25. The monoisotopic (exact) mass is 270 g/mol. The number of benzene rings is 1. The van der Waals surface area contributed by atoms with Crippen LogP contribution in [0.5, 0.6) is 0 Å². The van der Waals surface area contributed by atoms with Crippen LogP contribution in [-0.4, -0.2) is 10.2 Å². The van der Waals surface area contributed by atoms with Crippen molar-refractivity contribution < 1.29 is 0 Å². The number of aromatic amines is 1. The highest BCUT2D eigenvalue weighted by atomic mass is 79.9. The molecule has 1 heterocycles. The maximum atomic E-state index is 5.90. The fourth-order valence-corrected chi connectivity index (χ4v) is 1.84. The molecule has 1 aromatic carbocycles. The Bertz CT molecular complexity index is 465. The third kappa shape index (κ3) is 1.70. The number of H-pyrrole nitrogens is 1. The molecule has 72 valence electrons. The van der Waals surface area contributed by atoms with Gasteiger partial charge in [0.1, 0.15) is 5.69 Å². The Hall–Kier alpha value is -0.800. The summed E-state index contributed by atoms with van der Waals surface area (Å²) in [6, 6.07) is 7.63. The van der Waals surface area contributed by atoms with Crippen molar-refractivity contribution in [1.82, 2.24) is 10.2 Å². The maximum absolute atomic E-state index is 5.90. The lowest BCUT2D eigenvalue weighted by molar-refractivity contribution is 1.05. The zero-order valence-electron chi connectivity index (χ0n) is 7.51. The lowest BCUT2D eigenvalue weighted by Gasteiger charge is -1.97. The molecule has 0 radical (unpaired) electrons. The van der Waals surface area contributed by atoms with Gasteiger partial charge in [-0.05, 0) is 35.0 Å². The fraction of sp³-hybridized carbons (Fsp3) is 0.100. The summed E-state index contributed by atoms with van der Waals surface area (Å²) in [7, 11) is 0. The maximum Gasteiger partial charge on any atom is 0.107 e. The van der Waals surface area contributed by atoms with E-state index in [1.807, 2.05) is 31.2 Å². The highest BCUT2D eigenvalue weighted by Gasteiger charge is 2.09. The molecule has 0 saturated heterocycles. The third-order valence-corrected chi connectivity index (χ3v) is 3.18. The Morgan fingerprint density at radius 1 is 1.43 bits per heavy atom. The zero-order chi connectivity index (χ0) is 10.1. The molecule has 2 nitrogen and oxygen atoms in total. The van der Waals surface area contributed by atoms with E-state index in [1.54, 1.807) is 0 Å². The van der Waals surface area contributed by atoms with Crippen LogP contribution in [0.25, 0.3) is 11.3 Å². The smallest absolute Gasteiger partial charge is 0.107 e. The van der Waals surface area contributed by atoms with Gasteiger partial charge in [-0.25, -0.2) is 0 Å². The topological polar surface area (TPSA) is 28.7 Å². The van der Waals surface area contributed by atoms with Gasteiger partial charge in [-0.3, -0.25) is 5.10 Å². The molecular weight excluding hydrogens is 263 g/mol. The molecule has 0 amide bonds. The molecule has 0 aliphatic carbocycles. The van der Waals surface area contributed by atoms with Crippen LogP contribution in [0.1, 0.15) is 5.69 Å².